The van der Waals surface area contributed by atoms with Crippen LogP contribution in [0.1, 0.15) is 25.5 Å². The largest absolute Gasteiger partial charge is 0.336 e. The molecule has 0 aliphatic carbocycles. The Morgan fingerprint density at radius 3 is 3.00 bits per heavy atom. The molecule has 1 fully saturated rings. The van der Waals surface area contributed by atoms with Crippen LogP contribution in [0.15, 0.2) is 21.7 Å². The Morgan fingerprint density at radius 1 is 1.45 bits per heavy atom. The predicted molar refractivity (Wildman–Crippen MR) is 73.7 cm³/mol. The maximum absolute atomic E-state index is 12.6. The Morgan fingerprint density at radius 2 is 2.25 bits per heavy atom. The number of piperidine rings is 1. The van der Waals surface area contributed by atoms with E-state index in [1.54, 1.807) is 17.3 Å². The van der Waals surface area contributed by atoms with Crippen LogP contribution in [0.2, 0.25) is 0 Å². The molecule has 3 rings (SSSR count). The van der Waals surface area contributed by atoms with Crippen molar-refractivity contribution in [3.63, 3.8) is 0 Å². The minimum Gasteiger partial charge on any atom is -0.336 e. The molecule has 6 nitrogen and oxygen atoms in total. The van der Waals surface area contributed by atoms with Crippen LogP contribution in [0.4, 0.5) is 0 Å². The molecule has 7 heteroatoms. The van der Waals surface area contributed by atoms with E-state index in [2.05, 4.69) is 17.1 Å². The van der Waals surface area contributed by atoms with Crippen LogP contribution in [0.25, 0.3) is 11.1 Å². The Hall–Kier alpha value is -1.47. The van der Waals surface area contributed by atoms with Crippen molar-refractivity contribution in [1.29, 1.82) is 0 Å². The zero-order chi connectivity index (χ0) is 14.3. The normalized spacial score (nSPS) is 21.4. The van der Waals surface area contributed by atoms with Crippen molar-refractivity contribution in [2.75, 3.05) is 13.1 Å². The summed E-state index contributed by atoms with van der Waals surface area (Å²) in [5.74, 6) is 0.396. The van der Waals surface area contributed by atoms with E-state index in [0.29, 0.717) is 35.8 Å². The van der Waals surface area contributed by atoms with E-state index in [0.717, 1.165) is 12.8 Å². The third-order valence-electron chi connectivity index (χ3n) is 3.74. The lowest BCUT2D eigenvalue weighted by Gasteiger charge is -2.29. The van der Waals surface area contributed by atoms with Gasteiger partial charge in [0.2, 0.25) is 10.0 Å². The van der Waals surface area contributed by atoms with E-state index in [4.69, 9.17) is 4.52 Å². The molecule has 1 atom stereocenters. The van der Waals surface area contributed by atoms with Gasteiger partial charge in [0.15, 0.2) is 0 Å². The monoisotopic (exact) mass is 295 g/mol. The number of aryl methyl sites for hydroxylation is 1. The number of aromatic nitrogens is 2. The summed E-state index contributed by atoms with van der Waals surface area (Å²) >= 11 is 0. The van der Waals surface area contributed by atoms with E-state index >= 15 is 0 Å². The van der Waals surface area contributed by atoms with Crippen molar-refractivity contribution in [3.8, 4) is 0 Å². The van der Waals surface area contributed by atoms with Gasteiger partial charge < -0.3 is 4.52 Å². The maximum Gasteiger partial charge on any atom is 0.257 e. The first-order chi connectivity index (χ1) is 9.48. The summed E-state index contributed by atoms with van der Waals surface area (Å²) in [6.45, 7) is 5.00. The van der Waals surface area contributed by atoms with Crippen molar-refractivity contribution in [2.24, 2.45) is 5.92 Å². The molecular weight excluding hydrogens is 278 g/mol. The predicted octanol–water partition coefficient (Wildman–Crippen LogP) is 1.95. The highest BCUT2D eigenvalue weighted by Gasteiger charge is 2.29. The van der Waals surface area contributed by atoms with Crippen LogP contribution < -0.4 is 0 Å². The topological polar surface area (TPSA) is 76.3 Å². The van der Waals surface area contributed by atoms with E-state index in [1.807, 2.05) is 0 Å². The molecule has 0 saturated carbocycles. The van der Waals surface area contributed by atoms with Gasteiger partial charge in [0, 0.05) is 13.1 Å². The number of nitrogens with zero attached hydrogens (tertiary/aromatic N) is 3. The summed E-state index contributed by atoms with van der Waals surface area (Å²) in [7, 11) is -3.48. The van der Waals surface area contributed by atoms with Gasteiger partial charge in [-0.05, 0) is 31.7 Å². The van der Waals surface area contributed by atoms with Crippen LogP contribution in [-0.4, -0.2) is 36.0 Å². The molecule has 2 aromatic heterocycles. The molecule has 3 heterocycles. The van der Waals surface area contributed by atoms with Crippen molar-refractivity contribution in [1.82, 2.24) is 14.4 Å². The first kappa shape index (κ1) is 13.5. The number of pyridine rings is 1. The van der Waals surface area contributed by atoms with Crippen LogP contribution in [0, 0.1) is 12.8 Å². The minimum atomic E-state index is -3.48. The molecule has 0 spiro atoms. The van der Waals surface area contributed by atoms with Gasteiger partial charge >= 0.3 is 0 Å². The Labute approximate surface area is 117 Å². The number of fused-ring (bicyclic) bond motifs is 1. The van der Waals surface area contributed by atoms with Crippen LogP contribution in [0.3, 0.4) is 0 Å². The lowest BCUT2D eigenvalue weighted by atomic mass is 10.0. The Balaban J connectivity index is 2.02. The summed E-state index contributed by atoms with van der Waals surface area (Å²) in [6.07, 6.45) is 3.33. The summed E-state index contributed by atoms with van der Waals surface area (Å²) < 4.78 is 31.8. The Bertz CT molecular complexity index is 738. The van der Waals surface area contributed by atoms with E-state index in [1.165, 1.54) is 6.20 Å². The van der Waals surface area contributed by atoms with E-state index < -0.39 is 10.0 Å². The molecule has 0 amide bonds. The third-order valence-corrected chi connectivity index (χ3v) is 5.57. The molecule has 1 aliphatic rings. The maximum atomic E-state index is 12.6. The molecule has 0 bridgehead atoms. The van der Waals surface area contributed by atoms with Crippen molar-refractivity contribution >= 4 is 21.1 Å². The van der Waals surface area contributed by atoms with Gasteiger partial charge in [-0.15, -0.1) is 0 Å². The molecule has 0 unspecified atom stereocenters. The zero-order valence-corrected chi connectivity index (χ0v) is 12.4. The van der Waals surface area contributed by atoms with Gasteiger partial charge in [0.1, 0.15) is 4.90 Å². The summed E-state index contributed by atoms with van der Waals surface area (Å²) in [5, 5.41) is 4.45. The fourth-order valence-corrected chi connectivity index (χ4v) is 4.15. The lowest BCUT2D eigenvalue weighted by molar-refractivity contribution is 0.281. The van der Waals surface area contributed by atoms with Crippen LogP contribution in [0.5, 0.6) is 0 Å². The number of hydrogen-bond acceptors (Lipinski definition) is 5. The lowest BCUT2D eigenvalue weighted by Crippen LogP contribution is -2.39. The number of rotatable bonds is 2. The summed E-state index contributed by atoms with van der Waals surface area (Å²) in [6, 6.07) is 1.60. The standard InChI is InChI=1S/C13H17N3O3S/c1-9-4-3-5-16(8-9)20(17,18)11-6-12-10(2)15-19-13(12)14-7-11/h6-7,9H,3-5,8H2,1-2H3/t9-/m0/s1. The second-order valence-electron chi connectivity index (χ2n) is 5.40. The number of sulfonamides is 1. The molecular formula is C13H17N3O3S. The van der Waals surface area contributed by atoms with Crippen molar-refractivity contribution in [2.45, 2.75) is 31.6 Å². The SMILES string of the molecule is Cc1noc2ncc(S(=O)(=O)N3CCC[C@H](C)C3)cc12. The average molecular weight is 295 g/mol. The van der Waals surface area contributed by atoms with Crippen LogP contribution >= 0.6 is 0 Å². The van der Waals surface area contributed by atoms with E-state index in [-0.39, 0.29) is 4.90 Å². The fraction of sp³-hybridized carbons (Fsp3) is 0.538. The molecule has 0 aromatic carbocycles. The molecule has 2 aromatic rings. The first-order valence-electron chi connectivity index (χ1n) is 6.70. The minimum absolute atomic E-state index is 0.213. The molecule has 20 heavy (non-hydrogen) atoms. The summed E-state index contributed by atoms with van der Waals surface area (Å²) in [5.41, 5.74) is 1.02. The van der Waals surface area contributed by atoms with E-state index in [9.17, 15) is 8.42 Å². The third kappa shape index (κ3) is 2.20. The smallest absolute Gasteiger partial charge is 0.257 e. The van der Waals surface area contributed by atoms with Gasteiger partial charge in [-0.2, -0.15) is 4.31 Å². The Kier molecular flexibility index (Phi) is 3.25. The number of hydrogen-bond donors (Lipinski definition) is 0. The van der Waals surface area contributed by atoms with Gasteiger partial charge in [-0.3, -0.25) is 0 Å². The van der Waals surface area contributed by atoms with Gasteiger partial charge in [-0.1, -0.05) is 12.1 Å². The summed E-state index contributed by atoms with van der Waals surface area (Å²) in [4.78, 5) is 4.26. The van der Waals surface area contributed by atoms with Gasteiger partial charge in [0.05, 0.1) is 17.3 Å². The highest BCUT2D eigenvalue weighted by molar-refractivity contribution is 7.89. The zero-order valence-electron chi connectivity index (χ0n) is 11.5. The molecule has 108 valence electrons. The second kappa shape index (κ2) is 4.82. The van der Waals surface area contributed by atoms with Gasteiger partial charge in [0.25, 0.3) is 5.71 Å². The first-order valence-corrected chi connectivity index (χ1v) is 8.14. The second-order valence-corrected chi connectivity index (χ2v) is 7.34. The molecule has 1 aliphatic heterocycles. The average Bonchev–Trinajstić information content (AvgIpc) is 2.80. The van der Waals surface area contributed by atoms with Crippen LogP contribution in [-0.2, 0) is 10.0 Å². The molecule has 1 saturated heterocycles. The quantitative estimate of drug-likeness (QED) is 0.846. The van der Waals surface area contributed by atoms with Crippen molar-refractivity contribution < 1.29 is 12.9 Å². The highest BCUT2D eigenvalue weighted by atomic mass is 32.2. The van der Waals surface area contributed by atoms with Gasteiger partial charge in [-0.25, -0.2) is 13.4 Å². The fourth-order valence-electron chi connectivity index (χ4n) is 2.58. The van der Waals surface area contributed by atoms with Crippen molar-refractivity contribution in [3.05, 3.63) is 18.0 Å². The highest BCUT2D eigenvalue weighted by Crippen LogP contribution is 2.25. The molecule has 0 radical (unpaired) electrons. The molecule has 0 N–H and O–H groups in total.